The van der Waals surface area contributed by atoms with Gasteiger partial charge in [0, 0.05) is 13.1 Å². The zero-order valence-electron chi connectivity index (χ0n) is 10.1. The fourth-order valence-corrected chi connectivity index (χ4v) is 1.73. The van der Waals surface area contributed by atoms with E-state index in [4.69, 9.17) is 10.5 Å². The van der Waals surface area contributed by atoms with Crippen LogP contribution in [0.3, 0.4) is 0 Å². The van der Waals surface area contributed by atoms with Crippen LogP contribution in [0.25, 0.3) is 0 Å². The molecule has 1 fully saturated rings. The first-order valence-electron chi connectivity index (χ1n) is 5.64. The number of nitrogens with zero attached hydrogens (tertiary/aromatic N) is 3. The second-order valence-corrected chi connectivity index (χ2v) is 3.86. The number of morpholine rings is 1. The standard InChI is InChI=1S/C10H16N6O2/c1-7-8(11)9(16-2-4-18-5-3-16)14-10(13-7)15-12-6-17/h6H,2-5,11H2,1H3,(H,12,17)(H,13,14,15). The summed E-state index contributed by atoms with van der Waals surface area (Å²) in [5.74, 6) is 0.983. The van der Waals surface area contributed by atoms with E-state index in [1.165, 1.54) is 0 Å². The van der Waals surface area contributed by atoms with Gasteiger partial charge in [-0.05, 0) is 6.92 Å². The molecule has 0 radical (unpaired) electrons. The Bertz CT molecular complexity index is 433. The molecule has 0 bridgehead atoms. The minimum absolute atomic E-state index is 0.315. The highest BCUT2D eigenvalue weighted by Gasteiger charge is 2.18. The molecule has 8 nitrogen and oxygen atoms in total. The van der Waals surface area contributed by atoms with E-state index in [2.05, 4.69) is 20.8 Å². The molecule has 2 heterocycles. The Morgan fingerprint density at radius 1 is 1.39 bits per heavy atom. The zero-order chi connectivity index (χ0) is 13.0. The summed E-state index contributed by atoms with van der Waals surface area (Å²) in [6, 6.07) is 0. The lowest BCUT2D eigenvalue weighted by Gasteiger charge is -2.29. The van der Waals surface area contributed by atoms with Crippen LogP contribution in [0.2, 0.25) is 0 Å². The molecule has 0 aliphatic carbocycles. The van der Waals surface area contributed by atoms with Gasteiger partial charge < -0.3 is 15.4 Å². The van der Waals surface area contributed by atoms with Crippen molar-refractivity contribution in [1.82, 2.24) is 15.4 Å². The van der Waals surface area contributed by atoms with Gasteiger partial charge in [0.1, 0.15) is 0 Å². The molecule has 1 aliphatic rings. The van der Waals surface area contributed by atoms with E-state index in [0.29, 0.717) is 42.8 Å². The highest BCUT2D eigenvalue weighted by Crippen LogP contribution is 2.24. The van der Waals surface area contributed by atoms with Crippen molar-refractivity contribution >= 4 is 23.9 Å². The summed E-state index contributed by atoms with van der Waals surface area (Å²) in [6.45, 7) is 4.57. The van der Waals surface area contributed by atoms with E-state index in [1.807, 2.05) is 4.90 Å². The molecule has 8 heteroatoms. The molecule has 1 aromatic heterocycles. The lowest BCUT2D eigenvalue weighted by atomic mass is 10.3. The number of hydrogen-bond donors (Lipinski definition) is 3. The van der Waals surface area contributed by atoms with Crippen molar-refractivity contribution in [1.29, 1.82) is 0 Å². The number of carbonyl (C=O) groups excluding carboxylic acids is 1. The Kier molecular flexibility index (Phi) is 3.78. The quantitative estimate of drug-likeness (QED) is 0.479. The number of nitrogen functional groups attached to an aromatic ring is 1. The molecule has 0 atom stereocenters. The van der Waals surface area contributed by atoms with Gasteiger partial charge >= 0.3 is 0 Å². The Hall–Kier alpha value is -2.09. The minimum Gasteiger partial charge on any atom is -0.394 e. The van der Waals surface area contributed by atoms with Crippen LogP contribution < -0.4 is 21.5 Å². The number of carbonyl (C=O) groups is 1. The first kappa shape index (κ1) is 12.4. The molecule has 18 heavy (non-hydrogen) atoms. The molecule has 0 aromatic carbocycles. The maximum Gasteiger partial charge on any atom is 0.244 e. The van der Waals surface area contributed by atoms with Gasteiger partial charge in [0.15, 0.2) is 5.82 Å². The smallest absolute Gasteiger partial charge is 0.244 e. The molecular weight excluding hydrogens is 236 g/mol. The van der Waals surface area contributed by atoms with Crippen molar-refractivity contribution in [2.75, 3.05) is 42.4 Å². The van der Waals surface area contributed by atoms with Crippen molar-refractivity contribution in [3.63, 3.8) is 0 Å². The molecule has 0 saturated carbocycles. The van der Waals surface area contributed by atoms with E-state index < -0.39 is 0 Å². The molecule has 1 amide bonds. The Morgan fingerprint density at radius 2 is 2.11 bits per heavy atom. The van der Waals surface area contributed by atoms with Gasteiger partial charge in [-0.3, -0.25) is 15.6 Å². The molecule has 2 rings (SSSR count). The van der Waals surface area contributed by atoms with E-state index in [0.717, 1.165) is 13.1 Å². The fourth-order valence-electron chi connectivity index (χ4n) is 1.73. The third-order valence-electron chi connectivity index (χ3n) is 2.67. The molecule has 98 valence electrons. The highest BCUT2D eigenvalue weighted by molar-refractivity contribution is 5.67. The molecule has 4 N–H and O–H groups in total. The highest BCUT2D eigenvalue weighted by atomic mass is 16.5. The number of nitrogens with one attached hydrogen (secondary N) is 2. The summed E-state index contributed by atoms with van der Waals surface area (Å²) >= 11 is 0. The number of hydrazine groups is 1. The second kappa shape index (κ2) is 5.50. The summed E-state index contributed by atoms with van der Waals surface area (Å²) in [4.78, 5) is 20.7. The Labute approximate surface area is 104 Å². The molecule has 1 saturated heterocycles. The summed E-state index contributed by atoms with van der Waals surface area (Å²) in [6.07, 6.45) is 0.517. The molecule has 0 unspecified atom stereocenters. The second-order valence-electron chi connectivity index (χ2n) is 3.86. The summed E-state index contributed by atoms with van der Waals surface area (Å²) in [7, 11) is 0. The number of hydrogen-bond acceptors (Lipinski definition) is 7. The number of ether oxygens (including phenoxy) is 1. The van der Waals surface area contributed by atoms with Crippen molar-refractivity contribution in [3.8, 4) is 0 Å². The van der Waals surface area contributed by atoms with Crippen LogP contribution in [-0.2, 0) is 9.53 Å². The van der Waals surface area contributed by atoms with Crippen molar-refractivity contribution < 1.29 is 9.53 Å². The first-order valence-corrected chi connectivity index (χ1v) is 5.64. The molecule has 0 spiro atoms. The average Bonchev–Trinajstić information content (AvgIpc) is 2.41. The van der Waals surface area contributed by atoms with Crippen molar-refractivity contribution in [2.45, 2.75) is 6.92 Å². The van der Waals surface area contributed by atoms with Crippen LogP contribution in [0, 0.1) is 6.92 Å². The van der Waals surface area contributed by atoms with Crippen molar-refractivity contribution in [2.24, 2.45) is 0 Å². The Balaban J connectivity index is 2.26. The molecular formula is C10H16N6O2. The lowest BCUT2D eigenvalue weighted by molar-refractivity contribution is -0.109. The third kappa shape index (κ3) is 2.59. The Morgan fingerprint density at radius 3 is 2.78 bits per heavy atom. The number of anilines is 3. The number of aryl methyl sites for hydroxylation is 1. The van der Waals surface area contributed by atoms with Crippen LogP contribution >= 0.6 is 0 Å². The van der Waals surface area contributed by atoms with Crippen LogP contribution in [0.15, 0.2) is 0 Å². The fraction of sp³-hybridized carbons (Fsp3) is 0.500. The normalized spacial score (nSPS) is 15.3. The van der Waals surface area contributed by atoms with Gasteiger partial charge in [-0.15, -0.1) is 0 Å². The van der Waals surface area contributed by atoms with E-state index in [-0.39, 0.29) is 0 Å². The van der Waals surface area contributed by atoms with Gasteiger partial charge in [0.05, 0.1) is 24.6 Å². The van der Waals surface area contributed by atoms with Crippen LogP contribution in [0.4, 0.5) is 17.5 Å². The first-order chi connectivity index (χ1) is 8.72. The SMILES string of the molecule is Cc1nc(NNC=O)nc(N2CCOCC2)c1N. The molecule has 1 aliphatic heterocycles. The van der Waals surface area contributed by atoms with Crippen LogP contribution in [0.5, 0.6) is 0 Å². The maximum absolute atomic E-state index is 10.2. The van der Waals surface area contributed by atoms with Gasteiger partial charge in [-0.1, -0.05) is 0 Å². The molecule has 1 aromatic rings. The van der Waals surface area contributed by atoms with Gasteiger partial charge in [-0.2, -0.15) is 4.98 Å². The van der Waals surface area contributed by atoms with Crippen LogP contribution in [-0.4, -0.2) is 42.7 Å². The number of aromatic nitrogens is 2. The zero-order valence-corrected chi connectivity index (χ0v) is 10.1. The predicted molar refractivity (Wildman–Crippen MR) is 67.0 cm³/mol. The number of nitrogens with two attached hydrogens (primary N) is 1. The third-order valence-corrected chi connectivity index (χ3v) is 2.67. The van der Waals surface area contributed by atoms with E-state index in [9.17, 15) is 4.79 Å². The van der Waals surface area contributed by atoms with Gasteiger partial charge in [-0.25, -0.2) is 4.98 Å². The lowest BCUT2D eigenvalue weighted by Crippen LogP contribution is -2.37. The van der Waals surface area contributed by atoms with Gasteiger partial charge in [0.25, 0.3) is 0 Å². The largest absolute Gasteiger partial charge is 0.394 e. The van der Waals surface area contributed by atoms with Crippen LogP contribution in [0.1, 0.15) is 5.69 Å². The minimum atomic E-state index is 0.315. The van der Waals surface area contributed by atoms with E-state index >= 15 is 0 Å². The number of rotatable bonds is 4. The summed E-state index contributed by atoms with van der Waals surface area (Å²) < 4.78 is 5.29. The predicted octanol–water partition coefficient (Wildman–Crippen LogP) is -0.723. The van der Waals surface area contributed by atoms with Crippen molar-refractivity contribution in [3.05, 3.63) is 5.69 Å². The number of amides is 1. The average molecular weight is 252 g/mol. The monoisotopic (exact) mass is 252 g/mol. The summed E-state index contributed by atoms with van der Waals surface area (Å²) in [5, 5.41) is 0. The maximum atomic E-state index is 10.2. The topological polar surface area (TPSA) is 105 Å². The van der Waals surface area contributed by atoms with Gasteiger partial charge in [0.2, 0.25) is 12.4 Å². The summed E-state index contributed by atoms with van der Waals surface area (Å²) in [5.41, 5.74) is 12.1. The van der Waals surface area contributed by atoms with E-state index in [1.54, 1.807) is 6.92 Å².